The maximum atomic E-state index is 14.9. The molecule has 8 heteroatoms. The molecule has 0 aromatic heterocycles. The number of thioether (sulfide) groups is 1. The summed E-state index contributed by atoms with van der Waals surface area (Å²) in [4.78, 5) is 49.6. The number of amides is 3. The van der Waals surface area contributed by atoms with Gasteiger partial charge in [0.15, 0.2) is 0 Å². The van der Waals surface area contributed by atoms with Crippen molar-refractivity contribution in [1.82, 2.24) is 9.80 Å². The van der Waals surface area contributed by atoms with Crippen LogP contribution in [0.3, 0.4) is 0 Å². The highest BCUT2D eigenvalue weighted by atomic mass is 32.2. The first kappa shape index (κ1) is 29.7. The molecule has 0 saturated carbocycles. The van der Waals surface area contributed by atoms with Gasteiger partial charge < -0.3 is 19.8 Å². The van der Waals surface area contributed by atoms with E-state index in [-0.39, 0.29) is 30.4 Å². The Morgan fingerprint density at radius 1 is 0.907 bits per heavy atom. The van der Waals surface area contributed by atoms with E-state index in [0.717, 1.165) is 24.1 Å². The number of para-hydroxylation sites is 1. The predicted molar refractivity (Wildman–Crippen MR) is 171 cm³/mol. The molecule has 0 aliphatic carbocycles. The molecule has 6 rings (SSSR count). The van der Waals surface area contributed by atoms with Crippen LogP contribution in [0.5, 0.6) is 0 Å². The van der Waals surface area contributed by atoms with Crippen molar-refractivity contribution in [2.45, 2.75) is 67.7 Å². The van der Waals surface area contributed by atoms with E-state index in [1.165, 1.54) is 0 Å². The van der Waals surface area contributed by atoms with Gasteiger partial charge >= 0.3 is 0 Å². The molecule has 2 unspecified atom stereocenters. The SMILES string of the molecule is CCCC(C)N1CC=C[C@]23S[C@@]4(C)C=CCN(c5ccccc5)C(=O)[C@H]4[C@H]2C(=O)N([C@@H](CO)Cc2ccccc2)C3C1=O. The number of aliphatic hydroxyl groups excluding tert-OH is 1. The lowest BCUT2D eigenvalue weighted by molar-refractivity contribution is -0.146. The number of carbonyl (C=O) groups excluding carboxylic acids is 3. The fourth-order valence-electron chi connectivity index (χ4n) is 7.82. The summed E-state index contributed by atoms with van der Waals surface area (Å²) in [7, 11) is 0. The second-order valence-electron chi connectivity index (χ2n) is 12.5. The minimum atomic E-state index is -0.946. The average Bonchev–Trinajstić information content (AvgIpc) is 3.28. The summed E-state index contributed by atoms with van der Waals surface area (Å²) in [5, 5.41) is 10.8. The summed E-state index contributed by atoms with van der Waals surface area (Å²) in [5.41, 5.74) is 1.77. The van der Waals surface area contributed by atoms with Gasteiger partial charge in [0.25, 0.3) is 0 Å². The number of fused-ring (bicyclic) bond motifs is 2. The zero-order chi connectivity index (χ0) is 30.4. The molecule has 2 saturated heterocycles. The molecule has 2 aromatic rings. The van der Waals surface area contributed by atoms with E-state index in [1.54, 1.807) is 21.6 Å². The third-order valence-electron chi connectivity index (χ3n) is 9.75. The largest absolute Gasteiger partial charge is 0.394 e. The highest BCUT2D eigenvalue weighted by Crippen LogP contribution is 2.66. The van der Waals surface area contributed by atoms with Crippen LogP contribution in [0.15, 0.2) is 85.0 Å². The van der Waals surface area contributed by atoms with Crippen LogP contribution in [0.2, 0.25) is 0 Å². The highest BCUT2D eigenvalue weighted by Gasteiger charge is 2.74. The molecule has 4 aliphatic rings. The topological polar surface area (TPSA) is 81.2 Å². The molecule has 0 radical (unpaired) electrons. The number of nitrogens with zero attached hydrogens (tertiary/aromatic N) is 3. The van der Waals surface area contributed by atoms with Crippen molar-refractivity contribution in [1.29, 1.82) is 0 Å². The second-order valence-corrected chi connectivity index (χ2v) is 14.3. The third kappa shape index (κ3) is 4.83. The highest BCUT2D eigenvalue weighted by molar-refractivity contribution is 8.02. The van der Waals surface area contributed by atoms with E-state index in [1.807, 2.05) is 84.6 Å². The molecule has 43 heavy (non-hydrogen) atoms. The molecule has 1 N–H and O–H groups in total. The number of hydrogen-bond donors (Lipinski definition) is 1. The smallest absolute Gasteiger partial charge is 0.247 e. The standard InChI is InChI=1S/C35H41N3O4S/c1-4-13-24(2)36-20-12-19-35-29(28-31(40)37(26-16-9-6-10-17-26)21-11-18-34(28,3)43-35)32(41)38(30(35)33(36)42)27(23-39)22-25-14-7-5-8-15-25/h5-12,14-19,24,27-30,39H,4,13,20-23H2,1-3H3/t24?,27-,28-,29+,30?,34+,35+/m1/s1. The Morgan fingerprint density at radius 3 is 2.26 bits per heavy atom. The Bertz CT molecular complexity index is 1430. The molecule has 2 aromatic carbocycles. The van der Waals surface area contributed by atoms with E-state index in [0.29, 0.717) is 19.5 Å². The van der Waals surface area contributed by atoms with E-state index in [9.17, 15) is 19.5 Å². The van der Waals surface area contributed by atoms with Crippen LogP contribution >= 0.6 is 11.8 Å². The van der Waals surface area contributed by atoms with Crippen LogP contribution in [-0.4, -0.2) is 79.9 Å². The molecule has 226 valence electrons. The van der Waals surface area contributed by atoms with Crippen LogP contribution in [0.25, 0.3) is 0 Å². The number of likely N-dealkylation sites (tertiary alicyclic amines) is 1. The lowest BCUT2D eigenvalue weighted by Gasteiger charge is -2.41. The summed E-state index contributed by atoms with van der Waals surface area (Å²) in [5.74, 6) is -1.85. The molecule has 0 bridgehead atoms. The molecule has 4 aliphatic heterocycles. The zero-order valence-corrected chi connectivity index (χ0v) is 26.0. The number of rotatable bonds is 8. The molecule has 7 atom stereocenters. The zero-order valence-electron chi connectivity index (χ0n) is 25.1. The first-order valence-corrected chi connectivity index (χ1v) is 16.3. The predicted octanol–water partition coefficient (Wildman–Crippen LogP) is 4.47. The van der Waals surface area contributed by atoms with Gasteiger partial charge in [0.2, 0.25) is 17.7 Å². The Balaban J connectivity index is 1.48. The van der Waals surface area contributed by atoms with Gasteiger partial charge in [-0.25, -0.2) is 0 Å². The summed E-state index contributed by atoms with van der Waals surface area (Å²) < 4.78 is -1.63. The Labute approximate surface area is 258 Å². The fourth-order valence-corrected chi connectivity index (χ4v) is 9.96. The second kappa shape index (κ2) is 11.6. The number of benzene rings is 2. The molecular weight excluding hydrogens is 558 g/mol. The average molecular weight is 600 g/mol. The third-order valence-corrected chi connectivity index (χ3v) is 11.5. The van der Waals surface area contributed by atoms with E-state index in [2.05, 4.69) is 26.0 Å². The molecule has 2 fully saturated rings. The first-order valence-electron chi connectivity index (χ1n) is 15.4. The number of aliphatic hydroxyl groups is 1. The van der Waals surface area contributed by atoms with Gasteiger partial charge in [-0.1, -0.05) is 86.2 Å². The van der Waals surface area contributed by atoms with E-state index < -0.39 is 33.4 Å². The lowest BCUT2D eigenvalue weighted by atomic mass is 9.74. The normalized spacial score (nSPS) is 31.4. The summed E-state index contributed by atoms with van der Waals surface area (Å²) in [6.45, 7) is 6.81. The minimum Gasteiger partial charge on any atom is -0.394 e. The van der Waals surface area contributed by atoms with Crippen molar-refractivity contribution in [2.24, 2.45) is 11.8 Å². The maximum Gasteiger partial charge on any atom is 0.247 e. The van der Waals surface area contributed by atoms with Gasteiger partial charge in [-0.2, -0.15) is 0 Å². The first-order chi connectivity index (χ1) is 20.8. The van der Waals surface area contributed by atoms with Crippen LogP contribution in [-0.2, 0) is 20.8 Å². The van der Waals surface area contributed by atoms with Gasteiger partial charge in [-0.15, -0.1) is 11.8 Å². The quantitative estimate of drug-likeness (QED) is 0.453. The molecule has 3 amide bonds. The van der Waals surface area contributed by atoms with Crippen molar-refractivity contribution in [3.8, 4) is 0 Å². The van der Waals surface area contributed by atoms with E-state index in [4.69, 9.17) is 0 Å². The van der Waals surface area contributed by atoms with Crippen molar-refractivity contribution in [2.75, 3.05) is 24.6 Å². The van der Waals surface area contributed by atoms with Crippen LogP contribution in [0, 0.1) is 11.8 Å². The van der Waals surface area contributed by atoms with Crippen molar-refractivity contribution >= 4 is 35.2 Å². The minimum absolute atomic E-state index is 0.00225. The lowest BCUT2D eigenvalue weighted by Crippen LogP contribution is -2.58. The number of carbonyl (C=O) groups is 3. The fraction of sp³-hybridized carbons (Fsp3) is 0.457. The number of hydrogen-bond acceptors (Lipinski definition) is 5. The molecular formula is C35H41N3O4S. The molecule has 1 spiro atoms. The van der Waals surface area contributed by atoms with Crippen LogP contribution in [0.1, 0.15) is 39.2 Å². The summed E-state index contributed by atoms with van der Waals surface area (Å²) >= 11 is 1.59. The van der Waals surface area contributed by atoms with Gasteiger partial charge in [0, 0.05) is 29.6 Å². The summed E-state index contributed by atoms with van der Waals surface area (Å²) in [6.07, 6.45) is 10.4. The Kier molecular flexibility index (Phi) is 8.03. The Morgan fingerprint density at radius 2 is 1.58 bits per heavy atom. The summed E-state index contributed by atoms with van der Waals surface area (Å²) in [6, 6.07) is 17.9. The molecule has 4 heterocycles. The van der Waals surface area contributed by atoms with Crippen molar-refractivity contribution < 1.29 is 19.5 Å². The number of anilines is 1. The van der Waals surface area contributed by atoms with Crippen molar-refractivity contribution in [3.63, 3.8) is 0 Å². The van der Waals surface area contributed by atoms with Crippen LogP contribution in [0.4, 0.5) is 5.69 Å². The van der Waals surface area contributed by atoms with Gasteiger partial charge in [0.1, 0.15) is 6.04 Å². The van der Waals surface area contributed by atoms with Crippen molar-refractivity contribution in [3.05, 3.63) is 90.5 Å². The molecule has 7 nitrogen and oxygen atoms in total. The van der Waals surface area contributed by atoms with E-state index >= 15 is 0 Å². The van der Waals surface area contributed by atoms with Gasteiger partial charge in [-0.05, 0) is 44.4 Å². The monoisotopic (exact) mass is 599 g/mol. The Hall–Kier alpha value is -3.36. The maximum absolute atomic E-state index is 14.9. The van der Waals surface area contributed by atoms with Crippen LogP contribution < -0.4 is 4.90 Å². The van der Waals surface area contributed by atoms with Gasteiger partial charge in [0.05, 0.1) is 29.2 Å². The van der Waals surface area contributed by atoms with Gasteiger partial charge in [-0.3, -0.25) is 14.4 Å².